The number of halogens is 2. The topological polar surface area (TPSA) is 20.3 Å². The van der Waals surface area contributed by atoms with Crippen LogP contribution in [0.25, 0.3) is 0 Å². The molecule has 92 valence electrons. The molecule has 1 amide bonds. The largest absolute Gasteiger partial charge is 0.338 e. The van der Waals surface area contributed by atoms with E-state index in [0.29, 0.717) is 13.1 Å². The van der Waals surface area contributed by atoms with E-state index in [1.807, 2.05) is 0 Å². The lowest BCUT2D eigenvalue weighted by Gasteiger charge is -2.20. The molecular weight excluding hydrogens is 224 g/mol. The van der Waals surface area contributed by atoms with Crippen molar-refractivity contribution < 1.29 is 13.6 Å². The Labute approximate surface area is 99.2 Å². The Morgan fingerprint density at radius 2 is 2.06 bits per heavy atom. The molecular formula is C13H15F2NO. The quantitative estimate of drug-likeness (QED) is 0.738. The highest BCUT2D eigenvalue weighted by molar-refractivity contribution is 5.94. The molecule has 1 aromatic rings. The first-order valence-electron chi connectivity index (χ1n) is 5.64. The first-order valence-corrected chi connectivity index (χ1v) is 5.64. The van der Waals surface area contributed by atoms with E-state index >= 15 is 0 Å². The van der Waals surface area contributed by atoms with Gasteiger partial charge in [-0.1, -0.05) is 19.9 Å². The first kappa shape index (κ1) is 12.0. The van der Waals surface area contributed by atoms with E-state index in [0.717, 1.165) is 12.5 Å². The number of rotatable bonds is 1. The average molecular weight is 239 g/mol. The van der Waals surface area contributed by atoms with Crippen molar-refractivity contribution in [3.63, 3.8) is 0 Å². The van der Waals surface area contributed by atoms with Gasteiger partial charge in [-0.15, -0.1) is 0 Å². The summed E-state index contributed by atoms with van der Waals surface area (Å²) in [7, 11) is 0. The Hall–Kier alpha value is -1.45. The van der Waals surface area contributed by atoms with Gasteiger partial charge in [0.05, 0.1) is 5.56 Å². The predicted octanol–water partition coefficient (Wildman–Crippen LogP) is 2.84. The zero-order valence-electron chi connectivity index (χ0n) is 9.96. The molecule has 0 bridgehead atoms. The highest BCUT2D eigenvalue weighted by atomic mass is 19.2. The molecule has 4 heteroatoms. The Morgan fingerprint density at radius 1 is 1.35 bits per heavy atom. The summed E-state index contributed by atoms with van der Waals surface area (Å²) in [4.78, 5) is 13.6. The minimum Gasteiger partial charge on any atom is -0.338 e. The van der Waals surface area contributed by atoms with E-state index in [-0.39, 0.29) is 11.0 Å². The van der Waals surface area contributed by atoms with Crippen molar-refractivity contribution in [3.8, 4) is 0 Å². The van der Waals surface area contributed by atoms with Crippen LogP contribution in [0.5, 0.6) is 0 Å². The molecule has 2 rings (SSSR count). The molecule has 0 unspecified atom stereocenters. The fourth-order valence-corrected chi connectivity index (χ4v) is 2.13. The zero-order chi connectivity index (χ0) is 12.6. The Kier molecular flexibility index (Phi) is 2.89. The molecule has 1 aliphatic heterocycles. The van der Waals surface area contributed by atoms with E-state index in [4.69, 9.17) is 0 Å². The second kappa shape index (κ2) is 4.09. The molecule has 1 saturated heterocycles. The maximum Gasteiger partial charge on any atom is 0.256 e. The van der Waals surface area contributed by atoms with E-state index < -0.39 is 17.5 Å². The Morgan fingerprint density at radius 3 is 2.65 bits per heavy atom. The van der Waals surface area contributed by atoms with Gasteiger partial charge in [0.15, 0.2) is 11.6 Å². The summed E-state index contributed by atoms with van der Waals surface area (Å²) in [6.07, 6.45) is 0.885. The third-order valence-corrected chi connectivity index (χ3v) is 3.15. The number of carbonyl (C=O) groups excluding carboxylic acids is 1. The average Bonchev–Trinajstić information content (AvgIpc) is 2.62. The summed E-state index contributed by atoms with van der Waals surface area (Å²) in [5, 5.41) is 0. The third-order valence-electron chi connectivity index (χ3n) is 3.15. The van der Waals surface area contributed by atoms with Gasteiger partial charge in [0.1, 0.15) is 0 Å². The van der Waals surface area contributed by atoms with Crippen molar-refractivity contribution >= 4 is 5.91 Å². The van der Waals surface area contributed by atoms with Crippen LogP contribution in [0, 0.1) is 17.0 Å². The second-order valence-electron chi connectivity index (χ2n) is 5.24. The lowest BCUT2D eigenvalue weighted by Crippen LogP contribution is -2.31. The van der Waals surface area contributed by atoms with Crippen molar-refractivity contribution in [2.45, 2.75) is 20.3 Å². The van der Waals surface area contributed by atoms with Gasteiger partial charge in [0.2, 0.25) is 0 Å². The first-order chi connectivity index (χ1) is 7.91. The van der Waals surface area contributed by atoms with Crippen LogP contribution in [0.3, 0.4) is 0 Å². The molecule has 0 radical (unpaired) electrons. The lowest BCUT2D eigenvalue weighted by atomic mass is 9.93. The molecule has 1 heterocycles. The van der Waals surface area contributed by atoms with E-state index in [1.54, 1.807) is 4.90 Å². The molecule has 1 aliphatic rings. The number of nitrogens with zero attached hydrogens (tertiary/aromatic N) is 1. The fraction of sp³-hybridized carbons (Fsp3) is 0.462. The minimum absolute atomic E-state index is 0.0550. The van der Waals surface area contributed by atoms with Crippen LogP contribution in [0.4, 0.5) is 8.78 Å². The summed E-state index contributed by atoms with van der Waals surface area (Å²) in [6, 6.07) is 3.69. The van der Waals surface area contributed by atoms with Crippen LogP contribution in [0.15, 0.2) is 18.2 Å². The maximum atomic E-state index is 13.5. The Bertz CT molecular complexity index is 457. The van der Waals surface area contributed by atoms with Gasteiger partial charge in [-0.25, -0.2) is 8.78 Å². The smallest absolute Gasteiger partial charge is 0.256 e. The number of amides is 1. The molecule has 17 heavy (non-hydrogen) atoms. The second-order valence-corrected chi connectivity index (χ2v) is 5.24. The summed E-state index contributed by atoms with van der Waals surface area (Å²) in [5.74, 6) is -2.45. The van der Waals surface area contributed by atoms with Crippen molar-refractivity contribution in [1.29, 1.82) is 0 Å². The van der Waals surface area contributed by atoms with Crippen LogP contribution in [-0.2, 0) is 0 Å². The fourth-order valence-electron chi connectivity index (χ4n) is 2.13. The molecule has 1 fully saturated rings. The predicted molar refractivity (Wildman–Crippen MR) is 60.7 cm³/mol. The minimum atomic E-state index is -1.05. The molecule has 0 aromatic heterocycles. The number of benzene rings is 1. The SMILES string of the molecule is CC1(C)CCN(C(=O)c2cccc(F)c2F)C1. The van der Waals surface area contributed by atoms with Crippen LogP contribution in [0.1, 0.15) is 30.6 Å². The maximum absolute atomic E-state index is 13.5. The van der Waals surface area contributed by atoms with Gasteiger partial charge in [-0.05, 0) is 24.0 Å². The highest BCUT2D eigenvalue weighted by Gasteiger charge is 2.33. The number of carbonyl (C=O) groups is 1. The zero-order valence-corrected chi connectivity index (χ0v) is 9.96. The normalized spacial score (nSPS) is 18.5. The van der Waals surface area contributed by atoms with Crippen LogP contribution in [0.2, 0.25) is 0 Å². The van der Waals surface area contributed by atoms with Gasteiger partial charge in [0.25, 0.3) is 5.91 Å². The number of likely N-dealkylation sites (tertiary alicyclic amines) is 1. The van der Waals surface area contributed by atoms with Gasteiger partial charge in [-0.3, -0.25) is 4.79 Å². The van der Waals surface area contributed by atoms with Crippen LogP contribution < -0.4 is 0 Å². The molecule has 2 nitrogen and oxygen atoms in total. The highest BCUT2D eigenvalue weighted by Crippen LogP contribution is 2.30. The van der Waals surface area contributed by atoms with Gasteiger partial charge in [-0.2, -0.15) is 0 Å². The third kappa shape index (κ3) is 2.30. The number of hydrogen-bond donors (Lipinski definition) is 0. The van der Waals surface area contributed by atoms with Crippen LogP contribution in [-0.4, -0.2) is 23.9 Å². The van der Waals surface area contributed by atoms with E-state index in [1.165, 1.54) is 12.1 Å². The lowest BCUT2D eigenvalue weighted by molar-refractivity contribution is 0.0772. The molecule has 0 N–H and O–H groups in total. The summed E-state index contributed by atoms with van der Waals surface area (Å²) in [6.45, 7) is 5.30. The molecule has 0 saturated carbocycles. The molecule has 1 aromatic carbocycles. The molecule has 0 atom stereocenters. The summed E-state index contributed by atoms with van der Waals surface area (Å²) in [5.41, 5.74) is -0.123. The summed E-state index contributed by atoms with van der Waals surface area (Å²) < 4.78 is 26.5. The standard InChI is InChI=1S/C13H15F2NO/c1-13(2)6-7-16(8-13)12(17)9-4-3-5-10(14)11(9)15/h3-5H,6-8H2,1-2H3. The Balaban J connectivity index is 2.24. The van der Waals surface area contributed by atoms with E-state index in [2.05, 4.69) is 13.8 Å². The van der Waals surface area contributed by atoms with Crippen molar-refractivity contribution in [2.75, 3.05) is 13.1 Å². The van der Waals surface area contributed by atoms with Gasteiger partial charge >= 0.3 is 0 Å². The van der Waals surface area contributed by atoms with Gasteiger partial charge in [0, 0.05) is 13.1 Å². The van der Waals surface area contributed by atoms with E-state index in [9.17, 15) is 13.6 Å². The monoisotopic (exact) mass is 239 g/mol. The van der Waals surface area contributed by atoms with Crippen molar-refractivity contribution in [2.24, 2.45) is 5.41 Å². The summed E-state index contributed by atoms with van der Waals surface area (Å²) >= 11 is 0. The van der Waals surface area contributed by atoms with Crippen LogP contribution >= 0.6 is 0 Å². The van der Waals surface area contributed by atoms with Crippen molar-refractivity contribution in [1.82, 2.24) is 4.90 Å². The van der Waals surface area contributed by atoms with Crippen molar-refractivity contribution in [3.05, 3.63) is 35.4 Å². The number of hydrogen-bond acceptors (Lipinski definition) is 1. The van der Waals surface area contributed by atoms with Gasteiger partial charge < -0.3 is 4.90 Å². The molecule has 0 spiro atoms. The molecule has 0 aliphatic carbocycles.